The molecule has 0 amide bonds. The lowest BCUT2D eigenvalue weighted by atomic mass is 9.86. The van der Waals surface area contributed by atoms with E-state index in [2.05, 4.69) is 5.16 Å². The van der Waals surface area contributed by atoms with Crippen LogP contribution < -0.4 is 4.74 Å². The Morgan fingerprint density at radius 1 is 0.957 bits per heavy atom. The Balaban J connectivity index is 1.93. The highest BCUT2D eigenvalue weighted by molar-refractivity contribution is 6.29. The Morgan fingerprint density at radius 3 is 2.43 bits per heavy atom. The van der Waals surface area contributed by atoms with Crippen molar-refractivity contribution in [2.45, 2.75) is 0 Å². The molecule has 0 saturated heterocycles. The SMILES string of the molecule is COc1cccc(-c2noc3c2C(=O)c2ccccc2C3=O)c1. The van der Waals surface area contributed by atoms with Crippen LogP contribution in [0.4, 0.5) is 0 Å². The van der Waals surface area contributed by atoms with Crippen LogP contribution in [0.3, 0.4) is 0 Å². The number of carbonyl (C=O) groups is 2. The zero-order chi connectivity index (χ0) is 16.0. The average Bonchev–Trinajstić information content (AvgIpc) is 3.05. The number of methoxy groups -OCH3 is 1. The molecule has 5 heteroatoms. The van der Waals surface area contributed by atoms with E-state index in [-0.39, 0.29) is 22.9 Å². The zero-order valence-corrected chi connectivity index (χ0v) is 12.2. The second-order valence-electron chi connectivity index (χ2n) is 5.17. The lowest BCUT2D eigenvalue weighted by Gasteiger charge is -2.12. The number of aromatic nitrogens is 1. The molecule has 0 fully saturated rings. The van der Waals surface area contributed by atoms with E-state index in [4.69, 9.17) is 9.26 Å². The number of benzene rings is 2. The summed E-state index contributed by atoms with van der Waals surface area (Å²) in [5, 5.41) is 3.96. The standard InChI is InChI=1S/C18H11NO4/c1-22-11-6-4-5-10(9-11)15-14-16(20)12-7-2-3-8-13(12)17(21)18(14)23-19-15/h2-9H,1H3. The molecule has 0 aliphatic heterocycles. The molecule has 0 spiro atoms. The van der Waals surface area contributed by atoms with E-state index in [1.54, 1.807) is 55.6 Å². The lowest BCUT2D eigenvalue weighted by molar-refractivity contribution is 0.0955. The van der Waals surface area contributed by atoms with Gasteiger partial charge in [-0.2, -0.15) is 0 Å². The average molecular weight is 305 g/mol. The van der Waals surface area contributed by atoms with Gasteiger partial charge in [0.2, 0.25) is 11.5 Å². The minimum absolute atomic E-state index is 0.00785. The number of nitrogens with zero attached hydrogens (tertiary/aromatic N) is 1. The molecule has 1 aromatic heterocycles. The molecule has 0 saturated carbocycles. The van der Waals surface area contributed by atoms with Crippen molar-refractivity contribution in [2.75, 3.05) is 7.11 Å². The maximum absolute atomic E-state index is 12.8. The first kappa shape index (κ1) is 13.5. The van der Waals surface area contributed by atoms with E-state index in [0.717, 1.165) is 0 Å². The maximum Gasteiger partial charge on any atom is 0.232 e. The predicted molar refractivity (Wildman–Crippen MR) is 81.8 cm³/mol. The molecule has 0 atom stereocenters. The summed E-state index contributed by atoms with van der Waals surface area (Å²) in [5.74, 6) is 0.0480. The molecule has 5 nitrogen and oxygen atoms in total. The third kappa shape index (κ3) is 1.90. The van der Waals surface area contributed by atoms with Gasteiger partial charge in [0.05, 0.1) is 7.11 Å². The summed E-state index contributed by atoms with van der Waals surface area (Å²) in [6.45, 7) is 0. The topological polar surface area (TPSA) is 69.4 Å². The number of hydrogen-bond acceptors (Lipinski definition) is 5. The van der Waals surface area contributed by atoms with Gasteiger partial charge in [0.1, 0.15) is 17.0 Å². The quantitative estimate of drug-likeness (QED) is 0.569. The summed E-state index contributed by atoms with van der Waals surface area (Å²) < 4.78 is 10.4. The van der Waals surface area contributed by atoms with Crippen LogP contribution in [0.1, 0.15) is 32.0 Å². The summed E-state index contributed by atoms with van der Waals surface area (Å²) in [5.41, 5.74) is 1.94. The molecule has 23 heavy (non-hydrogen) atoms. The van der Waals surface area contributed by atoms with E-state index in [9.17, 15) is 9.59 Å². The van der Waals surface area contributed by atoms with Crippen molar-refractivity contribution in [3.63, 3.8) is 0 Å². The number of ether oxygens (including phenoxy) is 1. The van der Waals surface area contributed by atoms with Crippen molar-refractivity contribution >= 4 is 11.6 Å². The summed E-state index contributed by atoms with van der Waals surface area (Å²) in [6, 6.07) is 13.8. The van der Waals surface area contributed by atoms with Gasteiger partial charge in [-0.3, -0.25) is 9.59 Å². The largest absolute Gasteiger partial charge is 0.497 e. The van der Waals surface area contributed by atoms with Gasteiger partial charge in [-0.05, 0) is 12.1 Å². The van der Waals surface area contributed by atoms with Crippen molar-refractivity contribution in [1.82, 2.24) is 5.16 Å². The van der Waals surface area contributed by atoms with Gasteiger partial charge in [0.15, 0.2) is 5.78 Å². The molecule has 1 aliphatic rings. The monoisotopic (exact) mass is 305 g/mol. The first-order valence-electron chi connectivity index (χ1n) is 7.03. The number of rotatable bonds is 2. The molecule has 0 radical (unpaired) electrons. The third-order valence-electron chi connectivity index (χ3n) is 3.88. The Morgan fingerprint density at radius 2 is 1.70 bits per heavy atom. The highest BCUT2D eigenvalue weighted by atomic mass is 16.5. The van der Waals surface area contributed by atoms with E-state index in [0.29, 0.717) is 28.1 Å². The van der Waals surface area contributed by atoms with E-state index in [1.165, 1.54) is 0 Å². The van der Waals surface area contributed by atoms with Crippen molar-refractivity contribution in [1.29, 1.82) is 0 Å². The fourth-order valence-corrected chi connectivity index (χ4v) is 2.76. The molecular formula is C18H11NO4. The molecule has 1 heterocycles. The Labute approximate surface area is 131 Å². The van der Waals surface area contributed by atoms with E-state index < -0.39 is 0 Å². The van der Waals surface area contributed by atoms with Crippen LogP contribution in [0, 0.1) is 0 Å². The summed E-state index contributed by atoms with van der Waals surface area (Å²) >= 11 is 0. The second kappa shape index (κ2) is 4.91. The smallest absolute Gasteiger partial charge is 0.232 e. The van der Waals surface area contributed by atoms with E-state index in [1.807, 2.05) is 0 Å². The fraction of sp³-hybridized carbons (Fsp3) is 0.0556. The molecule has 0 unspecified atom stereocenters. The molecule has 2 aromatic carbocycles. The van der Waals surface area contributed by atoms with E-state index >= 15 is 0 Å². The first-order valence-corrected chi connectivity index (χ1v) is 7.03. The Hall–Kier alpha value is -3.21. The van der Waals surface area contributed by atoms with Crippen LogP contribution in [-0.2, 0) is 0 Å². The summed E-state index contributed by atoms with van der Waals surface area (Å²) in [7, 11) is 1.56. The minimum Gasteiger partial charge on any atom is -0.497 e. The summed E-state index contributed by atoms with van der Waals surface area (Å²) in [6.07, 6.45) is 0. The van der Waals surface area contributed by atoms with Crippen LogP contribution >= 0.6 is 0 Å². The molecule has 1 aliphatic carbocycles. The molecule has 0 bridgehead atoms. The van der Waals surface area contributed by atoms with Crippen LogP contribution in [0.15, 0.2) is 53.1 Å². The fourth-order valence-electron chi connectivity index (χ4n) is 2.76. The van der Waals surface area contributed by atoms with Gasteiger partial charge in [0, 0.05) is 16.7 Å². The van der Waals surface area contributed by atoms with Crippen molar-refractivity contribution in [3.05, 3.63) is 71.0 Å². The number of carbonyl (C=O) groups excluding carboxylic acids is 2. The Bertz CT molecular complexity index is 955. The number of fused-ring (bicyclic) bond motifs is 2. The van der Waals surface area contributed by atoms with Gasteiger partial charge in [-0.15, -0.1) is 0 Å². The zero-order valence-electron chi connectivity index (χ0n) is 12.2. The number of hydrogen-bond donors (Lipinski definition) is 0. The first-order chi connectivity index (χ1) is 11.2. The van der Waals surface area contributed by atoms with Crippen LogP contribution in [0.25, 0.3) is 11.3 Å². The van der Waals surface area contributed by atoms with Gasteiger partial charge < -0.3 is 9.26 Å². The van der Waals surface area contributed by atoms with Crippen LogP contribution in [-0.4, -0.2) is 23.8 Å². The number of ketones is 2. The predicted octanol–water partition coefficient (Wildman–Crippen LogP) is 3.13. The van der Waals surface area contributed by atoms with Gasteiger partial charge >= 0.3 is 0 Å². The van der Waals surface area contributed by atoms with Crippen molar-refractivity contribution in [2.24, 2.45) is 0 Å². The molecular weight excluding hydrogens is 294 g/mol. The molecule has 0 N–H and O–H groups in total. The minimum atomic E-state index is -0.322. The van der Waals surface area contributed by atoms with Crippen LogP contribution in [0.2, 0.25) is 0 Å². The van der Waals surface area contributed by atoms with Crippen molar-refractivity contribution < 1.29 is 18.8 Å². The molecule has 3 aromatic rings. The van der Waals surface area contributed by atoms with Crippen molar-refractivity contribution in [3.8, 4) is 17.0 Å². The lowest BCUT2D eigenvalue weighted by Crippen LogP contribution is -2.19. The molecule has 112 valence electrons. The highest BCUT2D eigenvalue weighted by Gasteiger charge is 2.36. The van der Waals surface area contributed by atoms with Gasteiger partial charge in [-0.1, -0.05) is 41.6 Å². The summed E-state index contributed by atoms with van der Waals surface area (Å²) in [4.78, 5) is 25.3. The van der Waals surface area contributed by atoms with Gasteiger partial charge in [0.25, 0.3) is 0 Å². The van der Waals surface area contributed by atoms with Gasteiger partial charge in [-0.25, -0.2) is 0 Å². The third-order valence-corrected chi connectivity index (χ3v) is 3.88. The second-order valence-corrected chi connectivity index (χ2v) is 5.17. The highest BCUT2D eigenvalue weighted by Crippen LogP contribution is 2.34. The molecule has 4 rings (SSSR count). The maximum atomic E-state index is 12.8. The van der Waals surface area contributed by atoms with Crippen LogP contribution in [0.5, 0.6) is 5.75 Å². The Kier molecular flexibility index (Phi) is 2.87. The normalized spacial score (nSPS) is 12.7.